The molecule has 1 amide bonds. The van der Waals surface area contributed by atoms with E-state index in [0.717, 1.165) is 51.0 Å². The molecule has 0 heterocycles. The molecule has 26 heavy (non-hydrogen) atoms. The number of hydrogen-bond donors (Lipinski definition) is 3. The van der Waals surface area contributed by atoms with E-state index in [-0.39, 0.29) is 12.2 Å². The van der Waals surface area contributed by atoms with Crippen LogP contribution < -0.4 is 10.6 Å². The molecule has 0 unspecified atom stereocenters. The minimum Gasteiger partial charge on any atom is -0.444 e. The van der Waals surface area contributed by atoms with Gasteiger partial charge in [-0.25, -0.2) is 4.79 Å². The van der Waals surface area contributed by atoms with Gasteiger partial charge in [-0.15, -0.1) is 0 Å². The third kappa shape index (κ3) is 7.40. The van der Waals surface area contributed by atoms with Gasteiger partial charge in [0.1, 0.15) is 5.60 Å². The van der Waals surface area contributed by atoms with E-state index < -0.39 is 5.60 Å². The van der Waals surface area contributed by atoms with E-state index in [0.29, 0.717) is 25.2 Å². The fourth-order valence-electron chi connectivity index (χ4n) is 3.13. The highest BCUT2D eigenvalue weighted by Crippen LogP contribution is 2.28. The van der Waals surface area contributed by atoms with E-state index in [4.69, 9.17) is 4.74 Å². The molecule has 0 aromatic heterocycles. The van der Waals surface area contributed by atoms with Crippen molar-refractivity contribution in [3.63, 3.8) is 0 Å². The molecule has 2 fully saturated rings. The lowest BCUT2D eigenvalue weighted by Crippen LogP contribution is -2.46. The SMILES string of the molecule is CCNC(=NCCN(C(=O)OC(C)(C)C)C1CC1)NC1CCC(O)CC1. The second-order valence-electron chi connectivity index (χ2n) is 8.32. The average molecular weight is 369 g/mol. The second kappa shape index (κ2) is 9.44. The fraction of sp³-hybridized carbons (Fsp3) is 0.895. The molecule has 2 saturated carbocycles. The van der Waals surface area contributed by atoms with E-state index in [1.165, 1.54) is 0 Å². The topological polar surface area (TPSA) is 86.2 Å². The molecule has 3 N–H and O–H groups in total. The lowest BCUT2D eigenvalue weighted by Gasteiger charge is -2.28. The molecule has 0 saturated heterocycles. The zero-order valence-electron chi connectivity index (χ0n) is 16.8. The number of aliphatic hydroxyl groups excluding tert-OH is 1. The Labute approximate surface area is 157 Å². The normalized spacial score (nSPS) is 24.1. The first-order chi connectivity index (χ1) is 12.3. The van der Waals surface area contributed by atoms with Gasteiger partial charge < -0.3 is 25.4 Å². The first-order valence-electron chi connectivity index (χ1n) is 10.0. The average Bonchev–Trinajstić information content (AvgIpc) is 3.36. The van der Waals surface area contributed by atoms with Crippen LogP contribution in [0.3, 0.4) is 0 Å². The van der Waals surface area contributed by atoms with Crippen LogP contribution in [-0.2, 0) is 4.74 Å². The van der Waals surface area contributed by atoms with Crippen molar-refractivity contribution in [1.82, 2.24) is 15.5 Å². The number of ether oxygens (including phenoxy) is 1. The zero-order valence-corrected chi connectivity index (χ0v) is 16.8. The van der Waals surface area contributed by atoms with Gasteiger partial charge in [-0.3, -0.25) is 4.99 Å². The van der Waals surface area contributed by atoms with Crippen molar-refractivity contribution in [3.8, 4) is 0 Å². The number of rotatable bonds is 6. The van der Waals surface area contributed by atoms with E-state index in [2.05, 4.69) is 15.6 Å². The molecule has 0 spiro atoms. The van der Waals surface area contributed by atoms with Crippen LogP contribution in [0.2, 0.25) is 0 Å². The lowest BCUT2D eigenvalue weighted by molar-refractivity contribution is 0.0240. The highest BCUT2D eigenvalue weighted by atomic mass is 16.6. The third-order valence-corrected chi connectivity index (χ3v) is 4.61. The summed E-state index contributed by atoms with van der Waals surface area (Å²) < 4.78 is 5.52. The Balaban J connectivity index is 1.85. The second-order valence-corrected chi connectivity index (χ2v) is 8.32. The predicted octanol–water partition coefficient (Wildman–Crippen LogP) is 2.24. The zero-order chi connectivity index (χ0) is 19.2. The molecule has 0 atom stereocenters. The summed E-state index contributed by atoms with van der Waals surface area (Å²) in [7, 11) is 0. The van der Waals surface area contributed by atoms with Crippen LogP contribution in [0.4, 0.5) is 4.79 Å². The van der Waals surface area contributed by atoms with Crippen molar-refractivity contribution in [2.24, 2.45) is 4.99 Å². The summed E-state index contributed by atoms with van der Waals surface area (Å²) >= 11 is 0. The van der Waals surface area contributed by atoms with Crippen LogP contribution in [0.15, 0.2) is 4.99 Å². The van der Waals surface area contributed by atoms with Crippen LogP contribution >= 0.6 is 0 Å². The van der Waals surface area contributed by atoms with E-state index in [1.807, 2.05) is 32.6 Å². The van der Waals surface area contributed by atoms with Crippen LogP contribution in [0.5, 0.6) is 0 Å². The molecule has 2 aliphatic carbocycles. The van der Waals surface area contributed by atoms with Crippen molar-refractivity contribution in [2.45, 2.75) is 90.0 Å². The number of carbonyl (C=O) groups is 1. The summed E-state index contributed by atoms with van der Waals surface area (Å²) in [6, 6.07) is 0.650. The Bertz CT molecular complexity index is 478. The van der Waals surface area contributed by atoms with E-state index in [1.54, 1.807) is 0 Å². The number of nitrogens with one attached hydrogen (secondary N) is 2. The van der Waals surface area contributed by atoms with Crippen molar-refractivity contribution < 1.29 is 14.6 Å². The Morgan fingerprint density at radius 3 is 2.38 bits per heavy atom. The summed E-state index contributed by atoms with van der Waals surface area (Å²) in [5.74, 6) is 0.786. The minimum atomic E-state index is -0.477. The number of nitrogens with zero attached hydrogens (tertiary/aromatic N) is 2. The Kier molecular flexibility index (Phi) is 7.55. The number of guanidine groups is 1. The maximum Gasteiger partial charge on any atom is 0.410 e. The molecule has 7 nitrogen and oxygen atoms in total. The minimum absolute atomic E-state index is 0.159. The van der Waals surface area contributed by atoms with Crippen molar-refractivity contribution in [1.29, 1.82) is 0 Å². The Morgan fingerprint density at radius 2 is 1.85 bits per heavy atom. The quantitative estimate of drug-likeness (QED) is 0.494. The fourth-order valence-corrected chi connectivity index (χ4v) is 3.13. The Morgan fingerprint density at radius 1 is 1.19 bits per heavy atom. The molecule has 150 valence electrons. The number of hydrogen-bond acceptors (Lipinski definition) is 4. The van der Waals surface area contributed by atoms with Gasteiger partial charge in [-0.05, 0) is 66.2 Å². The number of aliphatic imine (C=N–C) groups is 1. The lowest BCUT2D eigenvalue weighted by atomic mass is 9.93. The van der Waals surface area contributed by atoms with Gasteiger partial charge >= 0.3 is 6.09 Å². The molecule has 2 aliphatic rings. The van der Waals surface area contributed by atoms with Crippen LogP contribution in [0.1, 0.15) is 66.2 Å². The van der Waals surface area contributed by atoms with Crippen LogP contribution in [0, 0.1) is 0 Å². The maximum atomic E-state index is 12.4. The molecule has 0 radical (unpaired) electrons. The summed E-state index contributed by atoms with van der Waals surface area (Å²) in [6.07, 6.45) is 5.28. The van der Waals surface area contributed by atoms with Gasteiger partial charge in [0.05, 0.1) is 12.6 Å². The molecular weight excluding hydrogens is 332 g/mol. The van der Waals surface area contributed by atoms with Crippen molar-refractivity contribution in [3.05, 3.63) is 0 Å². The van der Waals surface area contributed by atoms with Gasteiger partial charge in [0.25, 0.3) is 0 Å². The van der Waals surface area contributed by atoms with Gasteiger partial charge in [-0.1, -0.05) is 0 Å². The highest BCUT2D eigenvalue weighted by Gasteiger charge is 2.34. The number of amides is 1. The van der Waals surface area contributed by atoms with Gasteiger partial charge in [0, 0.05) is 25.2 Å². The predicted molar refractivity (Wildman–Crippen MR) is 103 cm³/mol. The molecule has 7 heteroatoms. The van der Waals surface area contributed by atoms with Crippen LogP contribution in [-0.4, -0.2) is 65.5 Å². The molecule has 0 bridgehead atoms. The molecule has 0 aromatic rings. The molecular formula is C19H36N4O3. The maximum absolute atomic E-state index is 12.4. The molecule has 0 aliphatic heterocycles. The summed E-state index contributed by atoms with van der Waals surface area (Å²) in [5.41, 5.74) is -0.477. The van der Waals surface area contributed by atoms with Gasteiger partial charge in [0.15, 0.2) is 5.96 Å². The Hall–Kier alpha value is -1.50. The highest BCUT2D eigenvalue weighted by molar-refractivity contribution is 5.80. The summed E-state index contributed by atoms with van der Waals surface area (Å²) in [4.78, 5) is 18.8. The number of carbonyl (C=O) groups excluding carboxylic acids is 1. The van der Waals surface area contributed by atoms with Gasteiger partial charge in [-0.2, -0.15) is 0 Å². The standard InChI is InChI=1S/C19H36N4O3/c1-5-20-17(22-14-6-10-16(24)11-7-14)21-12-13-23(15-8-9-15)18(25)26-19(2,3)4/h14-16,24H,5-13H2,1-4H3,(H2,20,21,22). The monoisotopic (exact) mass is 368 g/mol. The van der Waals surface area contributed by atoms with E-state index >= 15 is 0 Å². The molecule has 2 rings (SSSR count). The van der Waals surface area contributed by atoms with Crippen molar-refractivity contribution in [2.75, 3.05) is 19.6 Å². The first-order valence-corrected chi connectivity index (χ1v) is 10.0. The third-order valence-electron chi connectivity index (χ3n) is 4.61. The first kappa shape index (κ1) is 20.8. The number of aliphatic hydroxyl groups is 1. The summed E-state index contributed by atoms with van der Waals surface area (Å²) in [5, 5.41) is 16.4. The summed E-state index contributed by atoms with van der Waals surface area (Å²) in [6.45, 7) is 9.62. The largest absolute Gasteiger partial charge is 0.444 e. The van der Waals surface area contributed by atoms with E-state index in [9.17, 15) is 9.90 Å². The van der Waals surface area contributed by atoms with Crippen molar-refractivity contribution >= 4 is 12.1 Å². The molecule has 0 aromatic carbocycles. The van der Waals surface area contributed by atoms with Crippen LogP contribution in [0.25, 0.3) is 0 Å². The van der Waals surface area contributed by atoms with Gasteiger partial charge in [0.2, 0.25) is 0 Å². The smallest absolute Gasteiger partial charge is 0.410 e.